The Morgan fingerprint density at radius 1 is 0.375 bits per heavy atom. The third-order valence-electron chi connectivity index (χ3n) is 15.6. The Morgan fingerprint density at radius 3 is 0.986 bits per heavy atom. The lowest BCUT2D eigenvalue weighted by Gasteiger charge is -2.22. The van der Waals surface area contributed by atoms with E-state index in [1.165, 1.54) is 302 Å². The molecule has 0 aliphatic heterocycles. The van der Waals surface area contributed by atoms with E-state index >= 15 is 0 Å². The third-order valence-corrected chi connectivity index (χ3v) is 15.6. The molecule has 0 aromatic rings. The molecule has 428 valence electrons. The molecule has 72 heavy (non-hydrogen) atoms. The van der Waals surface area contributed by atoms with Crippen LogP contribution in [0.25, 0.3) is 0 Å². The number of rotatable bonds is 62. The molecule has 0 rings (SSSR count). The van der Waals surface area contributed by atoms with Crippen molar-refractivity contribution >= 4 is 11.9 Å². The summed E-state index contributed by atoms with van der Waals surface area (Å²) in [5.41, 5.74) is 0. The first-order chi connectivity index (χ1) is 35.5. The van der Waals surface area contributed by atoms with Gasteiger partial charge < -0.3 is 20.3 Å². The Bertz CT molecular complexity index is 1080. The molecule has 6 heteroatoms. The number of allylic oxidation sites excluding steroid dienone is 2. The summed E-state index contributed by atoms with van der Waals surface area (Å²) in [4.78, 5) is 24.5. The van der Waals surface area contributed by atoms with E-state index in [1.807, 2.05) is 0 Å². The second kappa shape index (κ2) is 62.1. The van der Waals surface area contributed by atoms with Gasteiger partial charge in [0.1, 0.15) is 0 Å². The number of ether oxygens (including phenoxy) is 1. The molecule has 0 bridgehead atoms. The second-order valence-corrected chi connectivity index (χ2v) is 22.8. The topological polar surface area (TPSA) is 95.9 Å². The Balaban J connectivity index is 3.33. The highest BCUT2D eigenvalue weighted by atomic mass is 16.5. The van der Waals surface area contributed by atoms with Gasteiger partial charge in [-0.15, -0.1) is 0 Å². The standard InChI is InChI=1S/C66H129NO5/c1-3-5-7-9-11-13-15-35-40-44-48-52-56-60-66(71)72-61-57-53-49-45-41-37-34-32-30-28-26-24-22-20-18-16-17-19-21-23-25-27-29-31-33-36-39-43-47-51-55-59-65(70)67-63(62-68)64(69)58-54-50-46-42-38-14-12-10-8-6-4-2/h18,20,63-64,68-69H,3-17,19,21-62H2,1-2H3,(H,67,70)/b20-18-. The Kier molecular flexibility index (Phi) is 60.9. The summed E-state index contributed by atoms with van der Waals surface area (Å²) >= 11 is 0. The van der Waals surface area contributed by atoms with Gasteiger partial charge in [-0.3, -0.25) is 9.59 Å². The predicted molar refractivity (Wildman–Crippen MR) is 315 cm³/mol. The van der Waals surface area contributed by atoms with Gasteiger partial charge in [-0.05, 0) is 51.4 Å². The summed E-state index contributed by atoms with van der Waals surface area (Å²) in [7, 11) is 0. The van der Waals surface area contributed by atoms with Crippen LogP contribution in [-0.2, 0) is 14.3 Å². The molecule has 1 amide bonds. The van der Waals surface area contributed by atoms with Gasteiger partial charge in [0, 0.05) is 12.8 Å². The highest BCUT2D eigenvalue weighted by molar-refractivity contribution is 5.76. The monoisotopic (exact) mass is 1020 g/mol. The molecule has 0 spiro atoms. The first-order valence-corrected chi connectivity index (χ1v) is 32.9. The summed E-state index contributed by atoms with van der Waals surface area (Å²) in [5.74, 6) is -0.0122. The zero-order chi connectivity index (χ0) is 52.2. The molecule has 0 aromatic heterocycles. The van der Waals surface area contributed by atoms with Gasteiger partial charge in [0.05, 0.1) is 25.4 Å². The van der Waals surface area contributed by atoms with Crippen LogP contribution in [0.1, 0.15) is 373 Å². The maximum atomic E-state index is 12.5. The SMILES string of the molecule is CCCCCCCCCCCCCCCC(=O)OCCCCCCCCCCCCCC/C=C\CCCCCCCCCCCCCCCCCC(=O)NC(CO)C(O)CCCCCCCCCCCCC. The number of hydrogen-bond acceptors (Lipinski definition) is 5. The zero-order valence-electron chi connectivity index (χ0n) is 48.9. The van der Waals surface area contributed by atoms with Crippen molar-refractivity contribution in [3.05, 3.63) is 12.2 Å². The highest BCUT2D eigenvalue weighted by Gasteiger charge is 2.20. The van der Waals surface area contributed by atoms with Crippen LogP contribution in [0.5, 0.6) is 0 Å². The molecule has 3 N–H and O–H groups in total. The van der Waals surface area contributed by atoms with Crippen LogP contribution in [0.15, 0.2) is 12.2 Å². The summed E-state index contributed by atoms with van der Waals surface area (Å²) in [6.07, 6.45) is 75.4. The van der Waals surface area contributed by atoms with Crippen molar-refractivity contribution in [3.63, 3.8) is 0 Å². The number of carbonyl (C=O) groups excluding carboxylic acids is 2. The number of amides is 1. The zero-order valence-corrected chi connectivity index (χ0v) is 48.9. The molecule has 0 heterocycles. The average Bonchev–Trinajstić information content (AvgIpc) is 3.38. The molecule has 0 aliphatic carbocycles. The number of nitrogens with one attached hydrogen (secondary N) is 1. The fourth-order valence-corrected chi connectivity index (χ4v) is 10.5. The maximum absolute atomic E-state index is 12.5. The van der Waals surface area contributed by atoms with Gasteiger partial charge in [-0.25, -0.2) is 0 Å². The van der Waals surface area contributed by atoms with E-state index in [2.05, 4.69) is 31.3 Å². The van der Waals surface area contributed by atoms with E-state index in [0.717, 1.165) is 38.5 Å². The van der Waals surface area contributed by atoms with E-state index in [9.17, 15) is 19.8 Å². The lowest BCUT2D eigenvalue weighted by atomic mass is 10.0. The fraction of sp³-hybridized carbons (Fsp3) is 0.939. The number of carbonyl (C=O) groups is 2. The molecule has 2 atom stereocenters. The van der Waals surface area contributed by atoms with Crippen LogP contribution in [0.3, 0.4) is 0 Å². The van der Waals surface area contributed by atoms with Crippen LogP contribution in [-0.4, -0.2) is 47.4 Å². The van der Waals surface area contributed by atoms with Crippen molar-refractivity contribution in [1.82, 2.24) is 5.32 Å². The second-order valence-electron chi connectivity index (χ2n) is 22.8. The summed E-state index contributed by atoms with van der Waals surface area (Å²) in [6.45, 7) is 4.97. The smallest absolute Gasteiger partial charge is 0.305 e. The van der Waals surface area contributed by atoms with Gasteiger partial charge in [0.15, 0.2) is 0 Å². The number of hydrogen-bond donors (Lipinski definition) is 3. The van der Waals surface area contributed by atoms with Crippen LogP contribution < -0.4 is 5.32 Å². The van der Waals surface area contributed by atoms with Crippen molar-refractivity contribution in [2.45, 2.75) is 386 Å². The van der Waals surface area contributed by atoms with E-state index in [1.54, 1.807) is 0 Å². The Morgan fingerprint density at radius 2 is 0.653 bits per heavy atom. The number of aliphatic hydroxyl groups is 2. The van der Waals surface area contributed by atoms with Crippen LogP contribution in [0.4, 0.5) is 0 Å². The van der Waals surface area contributed by atoms with E-state index in [0.29, 0.717) is 25.9 Å². The molecule has 0 saturated heterocycles. The first kappa shape index (κ1) is 70.6. The minimum Gasteiger partial charge on any atom is -0.466 e. The van der Waals surface area contributed by atoms with Crippen molar-refractivity contribution in [2.75, 3.05) is 13.2 Å². The minimum atomic E-state index is -0.660. The van der Waals surface area contributed by atoms with Crippen molar-refractivity contribution in [2.24, 2.45) is 0 Å². The molecule has 0 aliphatic rings. The summed E-state index contributed by atoms with van der Waals surface area (Å²) in [5, 5.41) is 23.2. The molecule has 0 saturated carbocycles. The quantitative estimate of drug-likeness (QED) is 0.0320. The average molecular weight is 1020 g/mol. The highest BCUT2D eigenvalue weighted by Crippen LogP contribution is 2.18. The van der Waals surface area contributed by atoms with E-state index in [-0.39, 0.29) is 18.5 Å². The van der Waals surface area contributed by atoms with E-state index < -0.39 is 12.1 Å². The largest absolute Gasteiger partial charge is 0.466 e. The summed E-state index contributed by atoms with van der Waals surface area (Å²) in [6, 6.07) is -0.537. The van der Waals surface area contributed by atoms with Gasteiger partial charge in [-0.1, -0.05) is 321 Å². The first-order valence-electron chi connectivity index (χ1n) is 32.9. The van der Waals surface area contributed by atoms with Crippen LogP contribution in [0, 0.1) is 0 Å². The molecule has 2 unspecified atom stereocenters. The van der Waals surface area contributed by atoms with Gasteiger partial charge >= 0.3 is 5.97 Å². The molecular weight excluding hydrogens is 887 g/mol. The minimum absolute atomic E-state index is 0.0198. The van der Waals surface area contributed by atoms with Gasteiger partial charge in [0.2, 0.25) is 5.91 Å². The molecule has 6 nitrogen and oxygen atoms in total. The lowest BCUT2D eigenvalue weighted by Crippen LogP contribution is -2.45. The Hall–Kier alpha value is -1.40. The third kappa shape index (κ3) is 57.9. The van der Waals surface area contributed by atoms with Crippen LogP contribution in [0.2, 0.25) is 0 Å². The van der Waals surface area contributed by atoms with Crippen molar-refractivity contribution < 1.29 is 24.5 Å². The van der Waals surface area contributed by atoms with E-state index in [4.69, 9.17) is 4.74 Å². The maximum Gasteiger partial charge on any atom is 0.305 e. The van der Waals surface area contributed by atoms with Gasteiger partial charge in [-0.2, -0.15) is 0 Å². The van der Waals surface area contributed by atoms with Crippen LogP contribution >= 0.6 is 0 Å². The number of esters is 1. The molecule has 0 aromatic carbocycles. The molecule has 0 radical (unpaired) electrons. The predicted octanol–water partition coefficient (Wildman–Crippen LogP) is 20.8. The molecule has 0 fully saturated rings. The Labute approximate surface area is 450 Å². The lowest BCUT2D eigenvalue weighted by molar-refractivity contribution is -0.143. The van der Waals surface area contributed by atoms with Crippen molar-refractivity contribution in [3.8, 4) is 0 Å². The normalized spacial score (nSPS) is 12.6. The molecular formula is C66H129NO5. The number of aliphatic hydroxyl groups excluding tert-OH is 2. The summed E-state index contributed by atoms with van der Waals surface area (Å²) < 4.78 is 5.49. The van der Waals surface area contributed by atoms with Gasteiger partial charge in [0.25, 0.3) is 0 Å². The number of unbranched alkanes of at least 4 members (excludes halogenated alkanes) is 49. The van der Waals surface area contributed by atoms with Crippen molar-refractivity contribution in [1.29, 1.82) is 0 Å². The fourth-order valence-electron chi connectivity index (χ4n) is 10.5.